The minimum absolute atomic E-state index is 0.160. The Morgan fingerprint density at radius 1 is 0.571 bits per heavy atom. The van der Waals surface area contributed by atoms with Gasteiger partial charge < -0.3 is 40.9 Å². The van der Waals surface area contributed by atoms with Crippen molar-refractivity contribution in [2.24, 2.45) is 11.5 Å². The molecule has 0 bridgehead atoms. The third-order valence-electron chi connectivity index (χ3n) is 11.4. The molecule has 7 N–H and O–H groups in total. The maximum absolute atomic E-state index is 13.2. The van der Waals surface area contributed by atoms with Crippen LogP contribution in [0.3, 0.4) is 0 Å². The van der Waals surface area contributed by atoms with Crippen molar-refractivity contribution in [1.29, 1.82) is 0 Å². The first-order chi connectivity index (χ1) is 30.3. The van der Waals surface area contributed by atoms with Crippen LogP contribution in [0.4, 0.5) is 0 Å². The number of hydrogen-bond acceptors (Lipinski definition) is 10. The van der Waals surface area contributed by atoms with Crippen molar-refractivity contribution >= 4 is 31.6 Å². The van der Waals surface area contributed by atoms with Gasteiger partial charge in [-0.3, -0.25) is 23.4 Å². The van der Waals surface area contributed by atoms with Gasteiger partial charge in [0.1, 0.15) is 12.1 Å². The second-order valence-electron chi connectivity index (χ2n) is 17.3. The zero-order valence-corrected chi connectivity index (χ0v) is 40.6. The van der Waals surface area contributed by atoms with Crippen molar-refractivity contribution in [3.05, 3.63) is 0 Å². The van der Waals surface area contributed by atoms with E-state index in [9.17, 15) is 33.7 Å². The van der Waals surface area contributed by atoms with Gasteiger partial charge in [-0.25, -0.2) is 9.36 Å². The lowest BCUT2D eigenvalue weighted by Crippen LogP contribution is -2.53. The summed E-state index contributed by atoms with van der Waals surface area (Å²) in [5, 5.41) is 18.9. The van der Waals surface area contributed by atoms with E-state index in [0.29, 0.717) is 13.2 Å². The van der Waals surface area contributed by atoms with Gasteiger partial charge in [0.15, 0.2) is 0 Å². The van der Waals surface area contributed by atoms with Crippen molar-refractivity contribution in [3.8, 4) is 0 Å². The molecule has 0 aliphatic rings. The molecule has 0 aromatic heterocycles. The van der Waals surface area contributed by atoms with Crippen LogP contribution in [0.1, 0.15) is 219 Å². The molecule has 0 radical (unpaired) electrons. The molecule has 0 aliphatic carbocycles. The molecule has 0 heterocycles. The van der Waals surface area contributed by atoms with E-state index in [-0.39, 0.29) is 32.5 Å². The fraction of sp³-hybridized carbons (Fsp3) is 0.915. The summed E-state index contributed by atoms with van der Waals surface area (Å²) in [6.45, 7) is 4.19. The number of nitrogens with zero attached hydrogens (tertiary/aromatic N) is 1. The average Bonchev–Trinajstić information content (AvgIpc) is 3.24. The number of carbonyl (C=O) groups excluding carboxylic acids is 2. The van der Waals surface area contributed by atoms with Crippen LogP contribution in [0, 0.1) is 0 Å². The van der Waals surface area contributed by atoms with Gasteiger partial charge in [0, 0.05) is 32.6 Å². The Morgan fingerprint density at radius 3 is 1.41 bits per heavy atom. The highest BCUT2D eigenvalue weighted by Crippen LogP contribution is 2.43. The summed E-state index contributed by atoms with van der Waals surface area (Å²) in [7, 11) is -4.72. The van der Waals surface area contributed by atoms with Crippen LogP contribution in [0.2, 0.25) is 0 Å². The fourth-order valence-electron chi connectivity index (χ4n) is 7.50. The van der Waals surface area contributed by atoms with Crippen molar-refractivity contribution < 1.29 is 57.4 Å². The lowest BCUT2D eigenvalue weighted by molar-refractivity contribution is -0.152. The monoisotopic (exact) mass is 922 g/mol. The number of hydrogen-bond donors (Lipinski definition) is 5. The van der Waals surface area contributed by atoms with E-state index in [1.165, 1.54) is 141 Å². The molecule has 16 heteroatoms. The van der Waals surface area contributed by atoms with Crippen LogP contribution >= 0.6 is 7.82 Å². The Balaban J connectivity index is 4.97. The maximum atomic E-state index is 13.2. The first-order valence-corrected chi connectivity index (χ1v) is 26.4. The smallest absolute Gasteiger partial charge is 0.472 e. The Bertz CT molecular complexity index is 1180. The molecule has 0 saturated carbocycles. The van der Waals surface area contributed by atoms with Gasteiger partial charge in [-0.2, -0.15) is 0 Å². The van der Waals surface area contributed by atoms with Crippen LogP contribution in [0.5, 0.6) is 0 Å². The molecule has 4 unspecified atom stereocenters. The number of unbranched alkanes of at least 4 members (excludes halogenated alkanes) is 26. The fourth-order valence-corrected chi connectivity index (χ4v) is 8.24. The second-order valence-corrected chi connectivity index (χ2v) is 18.7. The van der Waals surface area contributed by atoms with E-state index < -0.39 is 69.3 Å². The molecular weight excluding hydrogens is 829 g/mol. The predicted octanol–water partition coefficient (Wildman–Crippen LogP) is 10.2. The van der Waals surface area contributed by atoms with Gasteiger partial charge in [-0.15, -0.1) is 0 Å². The van der Waals surface area contributed by atoms with Crippen molar-refractivity contribution in [2.45, 2.75) is 238 Å². The van der Waals surface area contributed by atoms with Crippen LogP contribution in [-0.2, 0) is 42.3 Å². The summed E-state index contributed by atoms with van der Waals surface area (Å²) in [5.74, 6) is -4.38. The lowest BCUT2D eigenvalue weighted by atomic mass is 10.0. The number of phosphoric acid groups is 1. The topological polar surface area (TPSA) is 238 Å². The van der Waals surface area contributed by atoms with Gasteiger partial charge in [0.2, 0.25) is 11.8 Å². The summed E-state index contributed by atoms with van der Waals surface area (Å²) in [6, 6.07) is -2.95. The number of nitrogens with two attached hydrogens (primary N) is 2. The van der Waals surface area contributed by atoms with Crippen LogP contribution < -0.4 is 11.5 Å². The second kappa shape index (κ2) is 42.5. The molecule has 4 atom stereocenters. The summed E-state index contributed by atoms with van der Waals surface area (Å²) in [5.41, 5.74) is 11.1. The van der Waals surface area contributed by atoms with Gasteiger partial charge >= 0.3 is 19.8 Å². The minimum atomic E-state index is -4.72. The van der Waals surface area contributed by atoms with Crippen molar-refractivity contribution in [3.63, 3.8) is 0 Å². The number of carboxylic acid groups (broad SMARTS) is 2. The highest BCUT2D eigenvalue weighted by molar-refractivity contribution is 7.47. The summed E-state index contributed by atoms with van der Waals surface area (Å²) in [6.07, 6.45) is 32.9. The number of aliphatic carboxylic acids is 2. The van der Waals surface area contributed by atoms with Gasteiger partial charge in [-0.1, -0.05) is 181 Å². The molecule has 0 fully saturated rings. The largest absolute Gasteiger partial charge is 0.481 e. The molecule has 0 aromatic carbocycles. The highest BCUT2D eigenvalue weighted by Gasteiger charge is 2.34. The maximum Gasteiger partial charge on any atom is 0.472 e. The van der Waals surface area contributed by atoms with Crippen molar-refractivity contribution in [2.75, 3.05) is 39.6 Å². The number of carbonyl (C=O) groups is 4. The highest BCUT2D eigenvalue weighted by atomic mass is 31.2. The quantitative estimate of drug-likeness (QED) is 0.0282. The number of rotatable bonds is 49. The molecule has 0 aliphatic heterocycles. The summed E-state index contributed by atoms with van der Waals surface area (Å²) >= 11 is 0. The van der Waals surface area contributed by atoms with Crippen LogP contribution in [-0.4, -0.2) is 102 Å². The zero-order chi connectivity index (χ0) is 46.8. The standard InChI is InChI=1S/C47H92N3O12P/c1-3-5-7-9-11-13-15-17-19-21-23-25-27-29-36-59-39-41(60-37-30-28-26-24-22-20-18-16-14-12-10-8-6-4-2)40-62-63(57,58)61-38-35-50(43(47(55)56)32-33-44(49)51)46(54)42(48)31-34-45(52)53/h41-43H,3-40,48H2,1-2H3,(H2,49,51)(H,52,53)(H,55,56)(H,57,58). The van der Waals surface area contributed by atoms with Crippen molar-refractivity contribution in [1.82, 2.24) is 4.90 Å². The number of ether oxygens (including phenoxy) is 2. The Morgan fingerprint density at radius 2 is 1.00 bits per heavy atom. The summed E-state index contributed by atoms with van der Waals surface area (Å²) in [4.78, 5) is 59.1. The van der Waals surface area contributed by atoms with E-state index in [4.69, 9.17) is 35.1 Å². The lowest BCUT2D eigenvalue weighted by Gasteiger charge is -2.31. The normalized spacial score (nSPS) is 14.0. The zero-order valence-electron chi connectivity index (χ0n) is 39.7. The Labute approximate surface area is 381 Å². The minimum Gasteiger partial charge on any atom is -0.481 e. The van der Waals surface area contributed by atoms with E-state index in [1.54, 1.807) is 0 Å². The Kier molecular flexibility index (Phi) is 41.1. The van der Waals surface area contributed by atoms with Crippen LogP contribution in [0.25, 0.3) is 0 Å². The molecule has 63 heavy (non-hydrogen) atoms. The van der Waals surface area contributed by atoms with Crippen LogP contribution in [0.15, 0.2) is 0 Å². The molecular formula is C47H92N3O12P. The number of phosphoric ester groups is 1. The van der Waals surface area contributed by atoms with E-state index in [1.807, 2.05) is 0 Å². The predicted molar refractivity (Wildman–Crippen MR) is 249 cm³/mol. The third-order valence-corrected chi connectivity index (χ3v) is 12.4. The van der Waals surface area contributed by atoms with E-state index in [2.05, 4.69) is 13.8 Å². The third kappa shape index (κ3) is 38.8. The molecule has 0 saturated heterocycles. The first-order valence-electron chi connectivity index (χ1n) is 24.9. The van der Waals surface area contributed by atoms with Gasteiger partial charge in [-0.05, 0) is 25.7 Å². The molecule has 372 valence electrons. The SMILES string of the molecule is CCCCCCCCCCCCCCCCOCC(COP(=O)(O)OCCN(C(=O)C(N)CCC(=O)O)C(CCC(N)=O)C(=O)O)OCCCCCCCCCCCCCCCC. The van der Waals surface area contributed by atoms with E-state index >= 15 is 0 Å². The summed E-state index contributed by atoms with van der Waals surface area (Å²) < 4.78 is 35.4. The average molecular weight is 922 g/mol. The Hall–Kier alpha value is -2.13. The first kappa shape index (κ1) is 60.9. The number of amides is 2. The number of carboxylic acids is 2. The molecule has 2 amide bonds. The number of primary amides is 1. The molecule has 0 spiro atoms. The van der Waals surface area contributed by atoms with E-state index in [0.717, 1.165) is 43.4 Å². The van der Waals surface area contributed by atoms with Gasteiger partial charge in [0.05, 0.1) is 25.9 Å². The molecule has 0 rings (SSSR count). The molecule has 15 nitrogen and oxygen atoms in total. The molecule has 0 aromatic rings. The van der Waals surface area contributed by atoms with Gasteiger partial charge in [0.25, 0.3) is 0 Å².